The second-order valence-electron chi connectivity index (χ2n) is 13.1. The highest BCUT2D eigenvalue weighted by atomic mass is 79.9. The number of hydrogen-bond acceptors (Lipinski definition) is 19. The number of ketones is 2. The van der Waals surface area contributed by atoms with E-state index in [0.29, 0.717) is 19.9 Å². The molecule has 0 saturated heterocycles. The van der Waals surface area contributed by atoms with Crippen LogP contribution in [0.15, 0.2) is 74.9 Å². The summed E-state index contributed by atoms with van der Waals surface area (Å²) >= 11 is 7.19. The number of hydrogen-bond donors (Lipinski definition) is 3. The lowest BCUT2D eigenvalue weighted by molar-refractivity contribution is -0.0756. The molecule has 6 N–H and O–H groups in total. The first kappa shape index (κ1) is 58.9. The van der Waals surface area contributed by atoms with Crippen molar-refractivity contribution in [2.45, 2.75) is 36.2 Å². The summed E-state index contributed by atoms with van der Waals surface area (Å²) in [4.78, 5) is 65.4. The second kappa shape index (κ2) is 28.4. The van der Waals surface area contributed by atoms with Gasteiger partial charge in [0.2, 0.25) is 11.6 Å². The number of hydroxylamine groups is 2. The van der Waals surface area contributed by atoms with Gasteiger partial charge in [-0.15, -0.1) is 0 Å². The average Bonchev–Trinajstić information content (AvgIpc) is 3.34. The molecular formula is C44H45BrF6N10O7S3. The Balaban J connectivity index is 0.000000258. The summed E-state index contributed by atoms with van der Waals surface area (Å²) in [5, 5.41) is 2.48. The van der Waals surface area contributed by atoms with Gasteiger partial charge in [-0.05, 0) is 57.5 Å². The summed E-state index contributed by atoms with van der Waals surface area (Å²) in [5.41, 5.74) is 16.6. The van der Waals surface area contributed by atoms with Crippen LogP contribution in [-0.4, -0.2) is 105 Å². The van der Waals surface area contributed by atoms with Crippen LogP contribution in [0.25, 0.3) is 0 Å². The van der Waals surface area contributed by atoms with Gasteiger partial charge in [0, 0.05) is 37.8 Å². The van der Waals surface area contributed by atoms with E-state index in [1.807, 2.05) is 20.8 Å². The number of carbonyl (C=O) groups is 3. The number of rotatable bonds is 15. The van der Waals surface area contributed by atoms with Gasteiger partial charge >= 0.3 is 0 Å². The number of nitrogens with zero attached hydrogens (tertiary/aromatic N) is 7. The van der Waals surface area contributed by atoms with Crippen molar-refractivity contribution in [3.63, 3.8) is 0 Å². The van der Waals surface area contributed by atoms with Crippen LogP contribution in [0, 0.1) is 34.9 Å². The molecule has 0 aliphatic heterocycles. The minimum absolute atomic E-state index is 0.00441. The monoisotopic (exact) mass is 1110 g/mol. The average molecular weight is 1120 g/mol. The van der Waals surface area contributed by atoms with Crippen molar-refractivity contribution >= 4 is 86.1 Å². The van der Waals surface area contributed by atoms with E-state index in [2.05, 4.69) is 45.8 Å². The number of anilines is 3. The van der Waals surface area contributed by atoms with E-state index in [1.165, 1.54) is 95.4 Å². The largest absolute Gasteiger partial charge is 0.496 e. The van der Waals surface area contributed by atoms with Crippen molar-refractivity contribution in [2.24, 2.45) is 0 Å². The highest BCUT2D eigenvalue weighted by Gasteiger charge is 2.26. The molecule has 0 aliphatic carbocycles. The minimum atomic E-state index is -1.30. The van der Waals surface area contributed by atoms with Crippen molar-refractivity contribution in [3.8, 4) is 17.2 Å². The van der Waals surface area contributed by atoms with E-state index in [-0.39, 0.29) is 62.9 Å². The molecule has 3 heterocycles. The number of methoxy groups -OCH3 is 3. The van der Waals surface area contributed by atoms with E-state index in [9.17, 15) is 40.7 Å². The Labute approximate surface area is 424 Å². The summed E-state index contributed by atoms with van der Waals surface area (Å²) in [6.07, 6.45) is 3.88. The van der Waals surface area contributed by atoms with Gasteiger partial charge in [-0.1, -0.05) is 56.1 Å². The Morgan fingerprint density at radius 1 is 0.563 bits per heavy atom. The molecule has 380 valence electrons. The van der Waals surface area contributed by atoms with E-state index < -0.39 is 52.0 Å². The first-order valence-corrected chi connectivity index (χ1v) is 23.9. The van der Waals surface area contributed by atoms with Crippen molar-refractivity contribution in [1.82, 2.24) is 35.0 Å². The molecule has 17 nitrogen and oxygen atoms in total. The summed E-state index contributed by atoms with van der Waals surface area (Å²) in [5.74, 6) is -5.85. The maximum absolute atomic E-state index is 14.0. The molecule has 1 amide bonds. The van der Waals surface area contributed by atoms with E-state index in [4.69, 9.17) is 36.2 Å². The molecule has 0 aliphatic rings. The number of benzene rings is 3. The first-order chi connectivity index (χ1) is 33.7. The number of nitrogens with two attached hydrogens (primary N) is 3. The molecule has 71 heavy (non-hydrogen) atoms. The molecule has 3 aromatic carbocycles. The second-order valence-corrected chi connectivity index (χ2v) is 17.7. The lowest BCUT2D eigenvalue weighted by Crippen LogP contribution is -2.26. The zero-order valence-corrected chi connectivity index (χ0v) is 42.9. The number of halogens is 7. The third kappa shape index (κ3) is 16.0. The maximum Gasteiger partial charge on any atom is 0.282 e. The topological polar surface area (TPSA) is 247 Å². The van der Waals surface area contributed by atoms with Gasteiger partial charge in [-0.3, -0.25) is 19.2 Å². The van der Waals surface area contributed by atoms with Gasteiger partial charge in [-0.2, -0.15) is 0 Å². The Morgan fingerprint density at radius 2 is 0.972 bits per heavy atom. The van der Waals surface area contributed by atoms with Crippen LogP contribution < -0.4 is 31.4 Å². The van der Waals surface area contributed by atoms with Crippen LogP contribution in [0.4, 0.5) is 43.8 Å². The van der Waals surface area contributed by atoms with Gasteiger partial charge in [-0.25, -0.2) is 61.3 Å². The summed E-state index contributed by atoms with van der Waals surface area (Å²) in [6, 6.07) is 5.63. The highest BCUT2D eigenvalue weighted by Crippen LogP contribution is 2.30. The van der Waals surface area contributed by atoms with Crippen LogP contribution in [0.5, 0.6) is 17.2 Å². The van der Waals surface area contributed by atoms with Crippen LogP contribution in [-0.2, 0) is 4.84 Å². The number of nitrogen functional groups attached to an aromatic ring is 3. The first-order valence-electron chi connectivity index (χ1n) is 20.1. The highest BCUT2D eigenvalue weighted by molar-refractivity contribution is 9.10. The molecule has 0 spiro atoms. The zero-order chi connectivity index (χ0) is 53.1. The Bertz CT molecular complexity index is 2850. The standard InChI is InChI=1S/2C14H13F2N3O2S.C9H14N4O2S.C7H5BrF2O/c1-3-22-14-18-6-8(13(17)19-14)12(20)7-4-9(15)10(16)5-11(7)21-2;1-3-22-14-18-6-7(13(17)19-14)12(20)10-9(21-2)5-4-8(15)11(10)16;1-4-16-9-11-5-6(7(10)12-9)8(14)13(2)15-3;1-11-7-3-6(10)5(9)2-4(7)8/h2*4-6H,3H2,1-2H3,(H2,17,18,19);5H,4H2,1-3H3,(H2,10,11,12);2-3H,1H3. The molecule has 0 fully saturated rings. The molecule has 0 bridgehead atoms. The van der Waals surface area contributed by atoms with Gasteiger partial charge in [0.25, 0.3) is 5.91 Å². The van der Waals surface area contributed by atoms with Gasteiger partial charge in [0.15, 0.2) is 50.4 Å². The van der Waals surface area contributed by atoms with Crippen molar-refractivity contribution < 1.29 is 59.8 Å². The molecule has 0 atom stereocenters. The fourth-order valence-electron chi connectivity index (χ4n) is 5.23. The number of carbonyl (C=O) groups excluding carboxylic acids is 3. The van der Waals surface area contributed by atoms with Gasteiger partial charge < -0.3 is 31.4 Å². The SMILES string of the molecule is CCSc1ncc(C(=O)N(C)OC)c(N)n1.CCSc1ncc(C(=O)c2c(OC)ccc(F)c2F)c(N)n1.CCSc1ncc(C(=O)c2cc(F)c(F)cc2OC)c(N)n1.COc1cc(F)c(F)cc1Br. The minimum Gasteiger partial charge on any atom is -0.496 e. The summed E-state index contributed by atoms with van der Waals surface area (Å²) < 4.78 is 93.8. The Morgan fingerprint density at radius 3 is 1.39 bits per heavy atom. The smallest absolute Gasteiger partial charge is 0.282 e. The predicted molar refractivity (Wildman–Crippen MR) is 261 cm³/mol. The normalized spacial score (nSPS) is 10.4. The quantitative estimate of drug-likeness (QED) is 0.0217. The lowest BCUT2D eigenvalue weighted by atomic mass is 10.0. The zero-order valence-electron chi connectivity index (χ0n) is 38.9. The van der Waals surface area contributed by atoms with Crippen LogP contribution >= 0.6 is 51.2 Å². The number of aromatic nitrogens is 6. The predicted octanol–water partition coefficient (Wildman–Crippen LogP) is 8.92. The Hall–Kier alpha value is -6.42. The molecule has 3 aromatic heterocycles. The summed E-state index contributed by atoms with van der Waals surface area (Å²) in [6.45, 7) is 5.83. The molecule has 27 heteroatoms. The molecule has 6 rings (SSSR count). The lowest BCUT2D eigenvalue weighted by Gasteiger charge is -2.14. The van der Waals surface area contributed by atoms with E-state index >= 15 is 0 Å². The van der Waals surface area contributed by atoms with Gasteiger partial charge in [0.1, 0.15) is 45.8 Å². The van der Waals surface area contributed by atoms with Crippen molar-refractivity contribution in [3.05, 3.63) is 122 Å². The fraction of sp³-hybridized carbons (Fsp3) is 0.250. The fourth-order valence-corrected chi connectivity index (χ4v) is 7.35. The van der Waals surface area contributed by atoms with E-state index in [1.54, 1.807) is 0 Å². The maximum atomic E-state index is 14.0. The number of ether oxygens (including phenoxy) is 3. The summed E-state index contributed by atoms with van der Waals surface area (Å²) in [7, 11) is 6.79. The van der Waals surface area contributed by atoms with E-state index in [0.717, 1.165) is 52.7 Å². The molecule has 0 saturated carbocycles. The molecule has 6 aromatic rings. The number of thioether (sulfide) groups is 3. The molecule has 0 unspecified atom stereocenters. The number of amides is 1. The third-order valence-electron chi connectivity index (χ3n) is 8.67. The molecule has 0 radical (unpaired) electrons. The third-order valence-corrected chi connectivity index (χ3v) is 11.5. The van der Waals surface area contributed by atoms with Crippen LogP contribution in [0.2, 0.25) is 0 Å². The van der Waals surface area contributed by atoms with Crippen LogP contribution in [0.1, 0.15) is 63.0 Å². The molecular weight excluding hydrogens is 1070 g/mol. The Kier molecular flexibility index (Phi) is 23.6. The van der Waals surface area contributed by atoms with Crippen molar-refractivity contribution in [1.29, 1.82) is 0 Å². The van der Waals surface area contributed by atoms with Crippen LogP contribution in [0.3, 0.4) is 0 Å². The van der Waals surface area contributed by atoms with Crippen molar-refractivity contribution in [2.75, 3.05) is 69.9 Å². The van der Waals surface area contributed by atoms with Gasteiger partial charge in [0.05, 0.1) is 49.6 Å².